The molecule has 0 spiro atoms. The van der Waals surface area contributed by atoms with Crippen LogP contribution in [0.5, 0.6) is 0 Å². The fourth-order valence-electron chi connectivity index (χ4n) is 1.76. The molecule has 0 aliphatic heterocycles. The van der Waals surface area contributed by atoms with Crippen LogP contribution in [-0.4, -0.2) is 23.0 Å². The van der Waals surface area contributed by atoms with Gasteiger partial charge in [0, 0.05) is 12.0 Å². The Kier molecular flexibility index (Phi) is 6.34. The Balaban J connectivity index is 2.09. The number of aromatic nitrogens is 2. The van der Waals surface area contributed by atoms with Crippen molar-refractivity contribution in [2.75, 3.05) is 12.4 Å². The van der Waals surface area contributed by atoms with Gasteiger partial charge in [-0.05, 0) is 18.2 Å². The zero-order valence-corrected chi connectivity index (χ0v) is 13.7. The molecule has 8 heteroatoms. The summed E-state index contributed by atoms with van der Waals surface area (Å²) in [7, 11) is 1.48. The van der Waals surface area contributed by atoms with Gasteiger partial charge in [0.05, 0.1) is 40.9 Å². The molecule has 2 N–H and O–H groups in total. The summed E-state index contributed by atoms with van der Waals surface area (Å²) in [4.78, 5) is 24.5. The first-order valence-corrected chi connectivity index (χ1v) is 7.35. The first-order valence-electron chi connectivity index (χ1n) is 6.59. The third-order valence-corrected chi connectivity index (χ3v) is 3.52. The van der Waals surface area contributed by atoms with Gasteiger partial charge in [-0.15, -0.1) is 0 Å². The Morgan fingerprint density at radius 2 is 2.00 bits per heavy atom. The molecule has 1 aromatic carbocycles. The lowest BCUT2D eigenvalue weighted by atomic mass is 10.1. The highest BCUT2D eigenvalue weighted by atomic mass is 35.5. The van der Waals surface area contributed by atoms with Crippen LogP contribution in [0.1, 0.15) is 12.0 Å². The fraction of sp³-hybridized carbons (Fsp3) is 0.133. The molecule has 0 bridgehead atoms. The molecule has 2 rings (SSSR count). The van der Waals surface area contributed by atoms with Gasteiger partial charge < -0.3 is 5.32 Å². The lowest BCUT2D eigenvalue weighted by molar-refractivity contribution is -0.115. The van der Waals surface area contributed by atoms with Gasteiger partial charge in [0.15, 0.2) is 0 Å². The van der Waals surface area contributed by atoms with Gasteiger partial charge in [0.25, 0.3) is 0 Å². The van der Waals surface area contributed by atoms with Crippen LogP contribution >= 0.6 is 23.2 Å². The van der Waals surface area contributed by atoms with Gasteiger partial charge >= 0.3 is 0 Å². The van der Waals surface area contributed by atoms with E-state index in [1.54, 1.807) is 24.3 Å². The summed E-state index contributed by atoms with van der Waals surface area (Å²) in [5.74, 6) is -0.213. The van der Waals surface area contributed by atoms with Crippen molar-refractivity contribution in [2.24, 2.45) is 0 Å². The minimum atomic E-state index is -0.213. The number of benzene rings is 1. The van der Waals surface area contributed by atoms with Crippen molar-refractivity contribution in [3.63, 3.8) is 0 Å². The highest BCUT2D eigenvalue weighted by molar-refractivity contribution is 6.42. The van der Waals surface area contributed by atoms with E-state index in [9.17, 15) is 4.79 Å². The number of nitrogens with one attached hydrogen (secondary N) is 2. The SMILES string of the molecule is CONC(=CCC(=O)Nc1cncnc1)c1ccc(Cl)c(Cl)c1. The molecule has 0 aliphatic carbocycles. The van der Waals surface area contributed by atoms with Crippen molar-refractivity contribution in [3.05, 3.63) is 58.6 Å². The van der Waals surface area contributed by atoms with Crippen LogP contribution in [0.25, 0.3) is 5.70 Å². The van der Waals surface area contributed by atoms with Crippen LogP contribution in [0, 0.1) is 0 Å². The summed E-state index contributed by atoms with van der Waals surface area (Å²) in [5, 5.41) is 3.56. The summed E-state index contributed by atoms with van der Waals surface area (Å²) in [6.45, 7) is 0. The summed E-state index contributed by atoms with van der Waals surface area (Å²) in [5.41, 5.74) is 4.60. The maximum Gasteiger partial charge on any atom is 0.228 e. The Morgan fingerprint density at radius 1 is 1.26 bits per heavy atom. The Labute approximate surface area is 143 Å². The molecular weight excluding hydrogens is 339 g/mol. The molecule has 0 saturated carbocycles. The van der Waals surface area contributed by atoms with Crippen LogP contribution in [0.4, 0.5) is 5.69 Å². The van der Waals surface area contributed by atoms with Crippen molar-refractivity contribution in [1.29, 1.82) is 0 Å². The second kappa shape index (κ2) is 8.47. The number of anilines is 1. The van der Waals surface area contributed by atoms with Crippen molar-refractivity contribution in [1.82, 2.24) is 15.4 Å². The molecular formula is C15H14Cl2N4O2. The normalized spacial score (nSPS) is 11.2. The average Bonchev–Trinajstić information content (AvgIpc) is 2.55. The molecule has 1 heterocycles. The number of carbonyl (C=O) groups is 1. The number of carbonyl (C=O) groups excluding carboxylic acids is 1. The molecule has 0 atom stereocenters. The van der Waals surface area contributed by atoms with E-state index >= 15 is 0 Å². The highest BCUT2D eigenvalue weighted by Crippen LogP contribution is 2.25. The standard InChI is InChI=1S/C15H14Cl2N4O2/c1-23-21-14(10-2-3-12(16)13(17)6-10)4-5-15(22)20-11-7-18-9-19-8-11/h2-4,6-9,21H,5H2,1H3,(H,20,22). The second-order valence-corrected chi connectivity index (χ2v) is 5.25. The minimum Gasteiger partial charge on any atom is -0.323 e. The number of hydrogen-bond acceptors (Lipinski definition) is 5. The smallest absolute Gasteiger partial charge is 0.228 e. The molecule has 23 heavy (non-hydrogen) atoms. The van der Waals surface area contributed by atoms with Crippen LogP contribution < -0.4 is 10.8 Å². The zero-order chi connectivity index (χ0) is 16.7. The minimum absolute atomic E-state index is 0.126. The van der Waals surface area contributed by atoms with Gasteiger partial charge in [-0.2, -0.15) is 0 Å². The largest absolute Gasteiger partial charge is 0.323 e. The molecule has 1 amide bonds. The van der Waals surface area contributed by atoms with E-state index in [0.717, 1.165) is 5.56 Å². The van der Waals surface area contributed by atoms with E-state index in [0.29, 0.717) is 21.4 Å². The van der Waals surface area contributed by atoms with Gasteiger partial charge in [-0.25, -0.2) is 9.97 Å². The van der Waals surface area contributed by atoms with Crippen LogP contribution in [0.3, 0.4) is 0 Å². The number of hydrogen-bond donors (Lipinski definition) is 2. The zero-order valence-electron chi connectivity index (χ0n) is 12.2. The third-order valence-electron chi connectivity index (χ3n) is 2.78. The molecule has 6 nitrogen and oxygen atoms in total. The van der Waals surface area contributed by atoms with Gasteiger partial charge in [0.1, 0.15) is 6.33 Å². The van der Waals surface area contributed by atoms with Gasteiger partial charge in [0.2, 0.25) is 5.91 Å². The lowest BCUT2D eigenvalue weighted by Gasteiger charge is -2.10. The highest BCUT2D eigenvalue weighted by Gasteiger charge is 2.07. The average molecular weight is 353 g/mol. The predicted octanol–water partition coefficient (Wildman–Crippen LogP) is 3.30. The Hall–Kier alpha value is -2.15. The molecule has 0 saturated heterocycles. The Morgan fingerprint density at radius 3 is 2.65 bits per heavy atom. The molecule has 0 unspecified atom stereocenters. The van der Waals surface area contributed by atoms with Crippen molar-refractivity contribution in [2.45, 2.75) is 6.42 Å². The van der Waals surface area contributed by atoms with E-state index in [1.165, 1.54) is 25.8 Å². The van der Waals surface area contributed by atoms with E-state index in [2.05, 4.69) is 20.8 Å². The lowest BCUT2D eigenvalue weighted by Crippen LogP contribution is -2.14. The first-order chi connectivity index (χ1) is 11.1. The van der Waals surface area contributed by atoms with E-state index in [-0.39, 0.29) is 12.3 Å². The molecule has 0 aliphatic rings. The predicted molar refractivity (Wildman–Crippen MR) is 89.9 cm³/mol. The maximum atomic E-state index is 11.9. The summed E-state index contributed by atoms with van der Waals surface area (Å²) >= 11 is 11.9. The van der Waals surface area contributed by atoms with Crippen LogP contribution in [-0.2, 0) is 9.63 Å². The molecule has 0 fully saturated rings. The van der Waals surface area contributed by atoms with Crippen molar-refractivity contribution >= 4 is 40.5 Å². The van der Waals surface area contributed by atoms with Crippen LogP contribution in [0.15, 0.2) is 43.0 Å². The van der Waals surface area contributed by atoms with Gasteiger partial charge in [-0.1, -0.05) is 29.3 Å². The third kappa shape index (κ3) is 5.21. The molecule has 120 valence electrons. The quantitative estimate of drug-likeness (QED) is 0.780. The van der Waals surface area contributed by atoms with Crippen LogP contribution in [0.2, 0.25) is 10.0 Å². The number of rotatable bonds is 6. The maximum absolute atomic E-state index is 11.9. The second-order valence-electron chi connectivity index (χ2n) is 4.43. The summed E-state index contributed by atoms with van der Waals surface area (Å²) in [6.07, 6.45) is 6.23. The van der Waals surface area contributed by atoms with E-state index < -0.39 is 0 Å². The van der Waals surface area contributed by atoms with Crippen molar-refractivity contribution in [3.8, 4) is 0 Å². The molecule has 0 radical (unpaired) electrons. The number of hydroxylamine groups is 1. The Bertz CT molecular complexity index is 708. The number of amides is 1. The first kappa shape index (κ1) is 17.2. The van der Waals surface area contributed by atoms with E-state index in [4.69, 9.17) is 28.0 Å². The molecule has 2 aromatic rings. The van der Waals surface area contributed by atoms with E-state index in [1.807, 2.05) is 0 Å². The monoisotopic (exact) mass is 352 g/mol. The van der Waals surface area contributed by atoms with Gasteiger partial charge in [-0.3, -0.25) is 15.1 Å². The summed E-state index contributed by atoms with van der Waals surface area (Å²) < 4.78 is 0. The summed E-state index contributed by atoms with van der Waals surface area (Å²) in [6, 6.07) is 5.13. The number of nitrogens with zero attached hydrogens (tertiary/aromatic N) is 2. The topological polar surface area (TPSA) is 76.1 Å². The number of halogens is 2. The van der Waals surface area contributed by atoms with Crippen molar-refractivity contribution < 1.29 is 9.63 Å². The molecule has 1 aromatic heterocycles. The fourth-order valence-corrected chi connectivity index (χ4v) is 2.06.